The predicted molar refractivity (Wildman–Crippen MR) is 77.7 cm³/mol. The number of hydrogen-bond acceptors (Lipinski definition) is 4. The van der Waals surface area contributed by atoms with E-state index in [4.69, 9.17) is 10.6 Å². The van der Waals surface area contributed by atoms with Crippen molar-refractivity contribution < 1.29 is 4.74 Å². The Morgan fingerprint density at radius 1 is 1.53 bits per heavy atom. The molecule has 0 fully saturated rings. The van der Waals surface area contributed by atoms with E-state index in [2.05, 4.69) is 26.5 Å². The molecule has 0 bridgehead atoms. The minimum absolute atomic E-state index is 0.00586. The van der Waals surface area contributed by atoms with Crippen molar-refractivity contribution in [1.29, 1.82) is 0 Å². The maximum absolute atomic E-state index is 5.68. The maximum atomic E-state index is 5.68. The lowest BCUT2D eigenvalue weighted by molar-refractivity contribution is 0.412. The zero-order chi connectivity index (χ0) is 13.8. The van der Waals surface area contributed by atoms with Gasteiger partial charge < -0.3 is 4.74 Å². The first kappa shape index (κ1) is 14.0. The Morgan fingerprint density at radius 3 is 2.89 bits per heavy atom. The largest absolute Gasteiger partial charge is 0.497 e. The molecule has 0 aliphatic heterocycles. The highest BCUT2D eigenvalue weighted by molar-refractivity contribution is 9.10. The van der Waals surface area contributed by atoms with Gasteiger partial charge in [0.2, 0.25) is 0 Å². The smallest absolute Gasteiger partial charge is 0.119 e. The summed E-state index contributed by atoms with van der Waals surface area (Å²) in [5.41, 5.74) is 5.03. The molecular weight excluding hydrogens is 308 g/mol. The van der Waals surface area contributed by atoms with Gasteiger partial charge in [0.05, 0.1) is 19.3 Å². The van der Waals surface area contributed by atoms with Crippen LogP contribution in [0.15, 0.2) is 35.1 Å². The Bertz CT molecular complexity index is 555. The van der Waals surface area contributed by atoms with E-state index in [-0.39, 0.29) is 6.04 Å². The van der Waals surface area contributed by atoms with Crippen LogP contribution in [0.2, 0.25) is 0 Å². The van der Waals surface area contributed by atoms with Gasteiger partial charge in [-0.2, -0.15) is 5.10 Å². The molecule has 5 nitrogen and oxygen atoms in total. The van der Waals surface area contributed by atoms with Crippen LogP contribution in [0, 0.1) is 0 Å². The second-order valence-corrected chi connectivity index (χ2v) is 5.19. The summed E-state index contributed by atoms with van der Waals surface area (Å²) < 4.78 is 8.03. The predicted octanol–water partition coefficient (Wildman–Crippen LogP) is 1.94. The monoisotopic (exact) mass is 324 g/mol. The van der Waals surface area contributed by atoms with Crippen LogP contribution in [-0.4, -0.2) is 16.9 Å². The number of aromatic nitrogens is 2. The third-order valence-electron chi connectivity index (χ3n) is 2.98. The number of halogens is 1. The second-order valence-electron chi connectivity index (χ2n) is 4.33. The van der Waals surface area contributed by atoms with Gasteiger partial charge in [-0.3, -0.25) is 16.0 Å². The van der Waals surface area contributed by atoms with Crippen molar-refractivity contribution >= 4 is 15.9 Å². The van der Waals surface area contributed by atoms with Crippen LogP contribution in [0.3, 0.4) is 0 Å². The van der Waals surface area contributed by atoms with Crippen LogP contribution >= 0.6 is 15.9 Å². The zero-order valence-corrected chi connectivity index (χ0v) is 12.5. The molecule has 1 atom stereocenters. The molecule has 1 aromatic carbocycles. The van der Waals surface area contributed by atoms with E-state index < -0.39 is 0 Å². The molecule has 2 aromatic rings. The van der Waals surface area contributed by atoms with Gasteiger partial charge in [-0.1, -0.05) is 15.9 Å². The Morgan fingerprint density at radius 2 is 2.32 bits per heavy atom. The first-order chi connectivity index (χ1) is 9.13. The Labute approximate surface area is 120 Å². The summed E-state index contributed by atoms with van der Waals surface area (Å²) in [5.74, 6) is 6.49. The highest BCUT2D eigenvalue weighted by Crippen LogP contribution is 2.29. The van der Waals surface area contributed by atoms with Crippen molar-refractivity contribution in [3.05, 3.63) is 46.2 Å². The van der Waals surface area contributed by atoms with Gasteiger partial charge in [-0.05, 0) is 35.7 Å². The lowest BCUT2D eigenvalue weighted by Crippen LogP contribution is -2.29. The minimum atomic E-state index is -0.00586. The van der Waals surface area contributed by atoms with E-state index in [0.717, 1.165) is 27.8 Å². The normalized spacial score (nSPS) is 12.4. The molecule has 0 aliphatic carbocycles. The standard InChI is InChI=1S/C13H17BrN4O/c1-18-8-9(7-16-18)5-13(17-15)11-6-10(19-2)3-4-12(11)14/h3-4,6-8,13,17H,5,15H2,1-2H3. The van der Waals surface area contributed by atoms with E-state index in [9.17, 15) is 0 Å². The van der Waals surface area contributed by atoms with Crippen LogP contribution < -0.4 is 16.0 Å². The van der Waals surface area contributed by atoms with Crippen molar-refractivity contribution in [2.24, 2.45) is 12.9 Å². The fourth-order valence-electron chi connectivity index (χ4n) is 1.99. The van der Waals surface area contributed by atoms with Gasteiger partial charge in [-0.15, -0.1) is 0 Å². The summed E-state index contributed by atoms with van der Waals surface area (Å²) in [6.07, 6.45) is 4.59. The number of benzene rings is 1. The van der Waals surface area contributed by atoms with Crippen molar-refractivity contribution in [3.8, 4) is 5.75 Å². The van der Waals surface area contributed by atoms with E-state index in [1.54, 1.807) is 11.8 Å². The van der Waals surface area contributed by atoms with E-state index in [1.165, 1.54) is 0 Å². The number of aryl methyl sites for hydroxylation is 1. The SMILES string of the molecule is COc1ccc(Br)c(C(Cc2cnn(C)c2)NN)c1. The Balaban J connectivity index is 2.26. The summed E-state index contributed by atoms with van der Waals surface area (Å²) in [5, 5.41) is 4.17. The van der Waals surface area contributed by atoms with Gasteiger partial charge in [0.15, 0.2) is 0 Å². The number of hydrazine groups is 1. The molecule has 0 spiro atoms. The van der Waals surface area contributed by atoms with Gasteiger partial charge in [0.1, 0.15) is 5.75 Å². The summed E-state index contributed by atoms with van der Waals surface area (Å²) in [6.45, 7) is 0. The van der Waals surface area contributed by atoms with Crippen molar-refractivity contribution in [3.63, 3.8) is 0 Å². The van der Waals surface area contributed by atoms with E-state index >= 15 is 0 Å². The van der Waals surface area contributed by atoms with Crippen molar-refractivity contribution in [2.75, 3.05) is 7.11 Å². The average Bonchev–Trinajstić information content (AvgIpc) is 2.82. The lowest BCUT2D eigenvalue weighted by atomic mass is 10.0. The summed E-state index contributed by atoms with van der Waals surface area (Å²) in [4.78, 5) is 0. The number of nitrogens with one attached hydrogen (secondary N) is 1. The number of nitrogens with two attached hydrogens (primary N) is 1. The number of ether oxygens (including phenoxy) is 1. The lowest BCUT2D eigenvalue weighted by Gasteiger charge is -2.18. The molecule has 1 unspecified atom stereocenters. The van der Waals surface area contributed by atoms with Gasteiger partial charge >= 0.3 is 0 Å². The van der Waals surface area contributed by atoms with Crippen molar-refractivity contribution in [2.45, 2.75) is 12.5 Å². The number of nitrogens with zero attached hydrogens (tertiary/aromatic N) is 2. The molecule has 0 radical (unpaired) electrons. The molecule has 19 heavy (non-hydrogen) atoms. The summed E-state index contributed by atoms with van der Waals surface area (Å²) in [7, 11) is 3.55. The van der Waals surface area contributed by atoms with E-state index in [0.29, 0.717) is 0 Å². The van der Waals surface area contributed by atoms with Crippen LogP contribution in [0.1, 0.15) is 17.2 Å². The molecule has 6 heteroatoms. The summed E-state index contributed by atoms with van der Waals surface area (Å²) >= 11 is 3.55. The first-order valence-electron chi connectivity index (χ1n) is 5.91. The molecule has 2 rings (SSSR count). The molecule has 1 aromatic heterocycles. The van der Waals surface area contributed by atoms with Gasteiger partial charge in [-0.25, -0.2) is 0 Å². The van der Waals surface area contributed by atoms with Crippen LogP contribution in [0.4, 0.5) is 0 Å². The summed E-state index contributed by atoms with van der Waals surface area (Å²) in [6, 6.07) is 5.84. The molecular formula is C13H17BrN4O. The highest BCUT2D eigenvalue weighted by atomic mass is 79.9. The zero-order valence-electron chi connectivity index (χ0n) is 10.9. The Kier molecular flexibility index (Phi) is 4.57. The minimum Gasteiger partial charge on any atom is -0.497 e. The molecule has 3 N–H and O–H groups in total. The third kappa shape index (κ3) is 3.34. The molecule has 0 saturated heterocycles. The van der Waals surface area contributed by atoms with Crippen LogP contribution in [-0.2, 0) is 13.5 Å². The molecule has 0 aliphatic rings. The topological polar surface area (TPSA) is 65.1 Å². The van der Waals surface area contributed by atoms with Gasteiger partial charge in [0, 0.05) is 17.7 Å². The quantitative estimate of drug-likeness (QED) is 0.651. The first-order valence-corrected chi connectivity index (χ1v) is 6.70. The number of methoxy groups -OCH3 is 1. The Hall–Kier alpha value is -1.37. The molecule has 0 saturated carbocycles. The molecule has 0 amide bonds. The van der Waals surface area contributed by atoms with Gasteiger partial charge in [0.25, 0.3) is 0 Å². The van der Waals surface area contributed by atoms with E-state index in [1.807, 2.05) is 37.6 Å². The second kappa shape index (κ2) is 6.18. The fourth-order valence-corrected chi connectivity index (χ4v) is 2.51. The maximum Gasteiger partial charge on any atom is 0.119 e. The van der Waals surface area contributed by atoms with Crippen LogP contribution in [0.25, 0.3) is 0 Å². The highest BCUT2D eigenvalue weighted by Gasteiger charge is 2.15. The third-order valence-corrected chi connectivity index (χ3v) is 3.70. The fraction of sp³-hybridized carbons (Fsp3) is 0.308. The number of hydrogen-bond donors (Lipinski definition) is 2. The van der Waals surface area contributed by atoms with Crippen molar-refractivity contribution in [1.82, 2.24) is 15.2 Å². The molecule has 1 heterocycles. The van der Waals surface area contributed by atoms with Crippen LogP contribution in [0.5, 0.6) is 5.75 Å². The number of rotatable bonds is 5. The molecule has 102 valence electrons. The average molecular weight is 325 g/mol.